The average Bonchev–Trinajstić information content (AvgIpc) is 3.09. The Morgan fingerprint density at radius 2 is 0.896 bits per heavy atom. The Morgan fingerprint density at radius 1 is 0.500 bits per heavy atom. The fraction of sp³-hybridized carbons (Fsp3) is 0.721. The van der Waals surface area contributed by atoms with Gasteiger partial charge in [0.1, 0.15) is 6.61 Å². The van der Waals surface area contributed by atoms with Crippen LogP contribution < -0.4 is 0 Å². The van der Waals surface area contributed by atoms with Crippen molar-refractivity contribution in [3.63, 3.8) is 0 Å². The van der Waals surface area contributed by atoms with Crippen LogP contribution in [0.2, 0.25) is 0 Å². The second-order valence-electron chi connectivity index (χ2n) is 13.0. The second kappa shape index (κ2) is 39.0. The Bertz CT molecular complexity index is 853. The maximum atomic E-state index is 12.2. The van der Waals surface area contributed by atoms with E-state index in [4.69, 9.17) is 9.47 Å². The number of hydrogen-bond donors (Lipinski definition) is 1. The van der Waals surface area contributed by atoms with E-state index in [1.807, 2.05) is 0 Å². The molecular formula is C43H74O5. The molecule has 1 atom stereocenters. The van der Waals surface area contributed by atoms with Crippen LogP contribution in [-0.4, -0.2) is 36.4 Å². The van der Waals surface area contributed by atoms with E-state index < -0.39 is 6.10 Å². The van der Waals surface area contributed by atoms with Crippen LogP contribution in [0, 0.1) is 0 Å². The van der Waals surface area contributed by atoms with Crippen molar-refractivity contribution in [1.82, 2.24) is 0 Å². The fourth-order valence-corrected chi connectivity index (χ4v) is 5.30. The molecule has 5 nitrogen and oxygen atoms in total. The molecule has 1 unspecified atom stereocenters. The molecule has 0 rings (SSSR count). The molecule has 0 aromatic rings. The highest BCUT2D eigenvalue weighted by Crippen LogP contribution is 2.13. The van der Waals surface area contributed by atoms with Crippen LogP contribution in [0.15, 0.2) is 60.8 Å². The summed E-state index contributed by atoms with van der Waals surface area (Å²) in [7, 11) is 0. The van der Waals surface area contributed by atoms with Gasteiger partial charge in [-0.2, -0.15) is 0 Å². The number of aliphatic hydroxyl groups excluding tert-OH is 1. The van der Waals surface area contributed by atoms with Crippen molar-refractivity contribution in [3.8, 4) is 0 Å². The van der Waals surface area contributed by atoms with E-state index in [1.165, 1.54) is 77.0 Å². The topological polar surface area (TPSA) is 72.8 Å². The molecule has 1 N–H and O–H groups in total. The van der Waals surface area contributed by atoms with Crippen LogP contribution in [0.1, 0.15) is 181 Å². The Hall–Kier alpha value is -2.40. The van der Waals surface area contributed by atoms with Crippen molar-refractivity contribution in [1.29, 1.82) is 0 Å². The third-order valence-electron chi connectivity index (χ3n) is 8.30. The summed E-state index contributed by atoms with van der Waals surface area (Å²) in [6, 6.07) is 0. The minimum absolute atomic E-state index is 0.0753. The zero-order chi connectivity index (χ0) is 35.0. The van der Waals surface area contributed by atoms with Crippen molar-refractivity contribution in [3.05, 3.63) is 60.8 Å². The number of allylic oxidation sites excluding steroid dienone is 10. The molecule has 276 valence electrons. The van der Waals surface area contributed by atoms with Crippen LogP contribution in [0.4, 0.5) is 0 Å². The van der Waals surface area contributed by atoms with Gasteiger partial charge in [0, 0.05) is 12.8 Å². The number of rotatable bonds is 35. The summed E-state index contributed by atoms with van der Waals surface area (Å²) < 4.78 is 10.6. The van der Waals surface area contributed by atoms with Crippen LogP contribution in [0.5, 0.6) is 0 Å². The summed E-state index contributed by atoms with van der Waals surface area (Å²) in [6.45, 7) is 3.99. The molecule has 0 saturated carbocycles. The van der Waals surface area contributed by atoms with Gasteiger partial charge in [0.15, 0.2) is 6.10 Å². The number of esters is 2. The van der Waals surface area contributed by atoms with E-state index in [2.05, 4.69) is 74.6 Å². The number of unbranched alkanes of at least 4 members (excludes halogenated alkanes) is 17. The van der Waals surface area contributed by atoms with Gasteiger partial charge in [-0.1, -0.05) is 152 Å². The van der Waals surface area contributed by atoms with Crippen molar-refractivity contribution < 1.29 is 24.2 Å². The summed E-state index contributed by atoms with van der Waals surface area (Å²) in [4.78, 5) is 24.2. The molecule has 0 radical (unpaired) electrons. The summed E-state index contributed by atoms with van der Waals surface area (Å²) in [6.07, 6.45) is 49.9. The largest absolute Gasteiger partial charge is 0.462 e. The molecule has 0 bridgehead atoms. The molecule has 5 heteroatoms. The minimum Gasteiger partial charge on any atom is -0.462 e. The quantitative estimate of drug-likeness (QED) is 0.0413. The third-order valence-corrected chi connectivity index (χ3v) is 8.30. The number of carbonyl (C=O) groups is 2. The second-order valence-corrected chi connectivity index (χ2v) is 13.0. The number of aliphatic hydroxyl groups is 1. The summed E-state index contributed by atoms with van der Waals surface area (Å²) in [5.74, 6) is -0.613. The lowest BCUT2D eigenvalue weighted by Crippen LogP contribution is -2.28. The first-order chi connectivity index (χ1) is 23.6. The Morgan fingerprint density at radius 3 is 1.38 bits per heavy atom. The first-order valence-corrected chi connectivity index (χ1v) is 19.8. The smallest absolute Gasteiger partial charge is 0.306 e. The predicted molar refractivity (Wildman–Crippen MR) is 205 cm³/mol. The van der Waals surface area contributed by atoms with Gasteiger partial charge in [-0.3, -0.25) is 9.59 Å². The highest BCUT2D eigenvalue weighted by Gasteiger charge is 2.16. The van der Waals surface area contributed by atoms with Gasteiger partial charge in [0.05, 0.1) is 6.61 Å². The van der Waals surface area contributed by atoms with E-state index in [0.29, 0.717) is 12.8 Å². The maximum absolute atomic E-state index is 12.2. The summed E-state index contributed by atoms with van der Waals surface area (Å²) in [5.41, 5.74) is 0. The Labute approximate surface area is 296 Å². The first-order valence-electron chi connectivity index (χ1n) is 19.8. The van der Waals surface area contributed by atoms with Crippen LogP contribution >= 0.6 is 0 Å². The minimum atomic E-state index is -0.780. The highest BCUT2D eigenvalue weighted by atomic mass is 16.6. The van der Waals surface area contributed by atoms with Crippen LogP contribution in [-0.2, 0) is 19.1 Å². The number of carbonyl (C=O) groups excluding carboxylic acids is 2. The zero-order valence-electron chi connectivity index (χ0n) is 31.2. The van der Waals surface area contributed by atoms with Gasteiger partial charge in [0.2, 0.25) is 0 Å². The average molecular weight is 671 g/mol. The molecule has 0 aliphatic heterocycles. The van der Waals surface area contributed by atoms with Crippen LogP contribution in [0.25, 0.3) is 0 Å². The monoisotopic (exact) mass is 671 g/mol. The molecule has 0 fully saturated rings. The van der Waals surface area contributed by atoms with Gasteiger partial charge >= 0.3 is 11.9 Å². The molecule has 0 aromatic heterocycles. The van der Waals surface area contributed by atoms with Gasteiger partial charge in [-0.05, 0) is 77.0 Å². The molecule has 0 aliphatic rings. The molecule has 0 aromatic carbocycles. The molecule has 0 spiro atoms. The normalized spacial score (nSPS) is 12.8. The zero-order valence-corrected chi connectivity index (χ0v) is 31.2. The van der Waals surface area contributed by atoms with Gasteiger partial charge in [-0.25, -0.2) is 0 Å². The van der Waals surface area contributed by atoms with Gasteiger partial charge < -0.3 is 14.6 Å². The van der Waals surface area contributed by atoms with Crippen LogP contribution in [0.3, 0.4) is 0 Å². The Kier molecular flexibility index (Phi) is 37.1. The van der Waals surface area contributed by atoms with E-state index in [1.54, 1.807) is 0 Å². The maximum Gasteiger partial charge on any atom is 0.306 e. The van der Waals surface area contributed by atoms with Gasteiger partial charge in [-0.15, -0.1) is 0 Å². The number of ether oxygens (including phenoxy) is 2. The van der Waals surface area contributed by atoms with Crippen molar-refractivity contribution >= 4 is 11.9 Å². The van der Waals surface area contributed by atoms with E-state index in [-0.39, 0.29) is 25.2 Å². The highest BCUT2D eigenvalue weighted by molar-refractivity contribution is 5.70. The van der Waals surface area contributed by atoms with Crippen molar-refractivity contribution in [2.45, 2.75) is 187 Å². The third kappa shape index (κ3) is 36.4. The SMILES string of the molecule is CC/C=C\C/C=C\C/C=C\C/C=C\CCCCCCCCCCC(=O)OC(CO)COC(=O)CCCCCCC/C=C\CCCCCC. The van der Waals surface area contributed by atoms with E-state index >= 15 is 0 Å². The number of hydrogen-bond acceptors (Lipinski definition) is 5. The lowest BCUT2D eigenvalue weighted by molar-refractivity contribution is -0.161. The van der Waals surface area contributed by atoms with Gasteiger partial charge in [0.25, 0.3) is 0 Å². The lowest BCUT2D eigenvalue weighted by atomic mass is 10.1. The predicted octanol–water partition coefficient (Wildman–Crippen LogP) is 12.4. The first kappa shape index (κ1) is 45.6. The van der Waals surface area contributed by atoms with Crippen molar-refractivity contribution in [2.75, 3.05) is 13.2 Å². The molecule has 0 amide bonds. The standard InChI is InChI=1S/C43H74O5/c1-3-5-7-9-11-13-15-17-18-19-20-21-22-23-24-26-28-30-32-34-36-38-43(46)48-41(39-44)40-47-42(45)37-35-33-31-29-27-25-16-14-12-10-8-6-4-2/h5,7,11,13-14,16-18,20-21,41,44H,3-4,6,8-10,12,15,19,22-40H2,1-2H3/b7-5-,13-11-,16-14-,18-17-,21-20-. The molecule has 0 aliphatic carbocycles. The lowest BCUT2D eigenvalue weighted by Gasteiger charge is -2.15. The Balaban J connectivity index is 3.59. The molecule has 0 heterocycles. The summed E-state index contributed by atoms with van der Waals surface area (Å²) in [5, 5.41) is 9.55. The van der Waals surface area contributed by atoms with E-state index in [9.17, 15) is 14.7 Å². The summed E-state index contributed by atoms with van der Waals surface area (Å²) >= 11 is 0. The molecular weight excluding hydrogens is 596 g/mol. The van der Waals surface area contributed by atoms with Crippen molar-refractivity contribution in [2.24, 2.45) is 0 Å². The molecule has 48 heavy (non-hydrogen) atoms. The van der Waals surface area contributed by atoms with E-state index in [0.717, 1.165) is 77.0 Å². The fourth-order valence-electron chi connectivity index (χ4n) is 5.30. The molecule has 0 saturated heterocycles.